The molecule has 0 aliphatic carbocycles. The van der Waals surface area contributed by atoms with Crippen LogP contribution in [0.1, 0.15) is 23.6 Å². The third-order valence-corrected chi connectivity index (χ3v) is 4.73. The molecule has 2 aromatic carbocycles. The molecule has 6 nitrogen and oxygen atoms in total. The number of nitrogens with one attached hydrogen (secondary N) is 1. The van der Waals surface area contributed by atoms with Crippen molar-refractivity contribution < 1.29 is 14.4 Å². The molecule has 0 aromatic heterocycles. The van der Waals surface area contributed by atoms with Crippen molar-refractivity contribution in [1.29, 1.82) is 0 Å². The summed E-state index contributed by atoms with van der Waals surface area (Å²) in [4.78, 5) is 40.2. The molecular formula is C21H23N3O3. The third kappa shape index (κ3) is 3.69. The average Bonchev–Trinajstić information content (AvgIpc) is 2.83. The normalized spacial score (nSPS) is 16.8. The second kappa shape index (κ2) is 7.23. The van der Waals surface area contributed by atoms with Gasteiger partial charge in [-0.1, -0.05) is 29.8 Å². The number of hydrogen-bond donors (Lipinski definition) is 1. The minimum absolute atomic E-state index is 0.308. The Balaban J connectivity index is 1.75. The van der Waals surface area contributed by atoms with Crippen LogP contribution in [0.4, 0.5) is 16.2 Å². The number of rotatable bonds is 4. The number of amides is 4. The highest BCUT2D eigenvalue weighted by Gasteiger charge is 2.44. The van der Waals surface area contributed by atoms with Gasteiger partial charge >= 0.3 is 6.03 Å². The van der Waals surface area contributed by atoms with Gasteiger partial charge in [0.05, 0.1) is 0 Å². The zero-order chi connectivity index (χ0) is 19.7. The Morgan fingerprint density at radius 2 is 1.63 bits per heavy atom. The number of urea groups is 1. The molecular weight excluding hydrogens is 342 g/mol. The van der Waals surface area contributed by atoms with E-state index in [0.29, 0.717) is 11.4 Å². The van der Waals surface area contributed by atoms with Crippen LogP contribution in [0.25, 0.3) is 0 Å². The Hall–Kier alpha value is -3.15. The summed E-state index contributed by atoms with van der Waals surface area (Å²) in [7, 11) is 0. The first-order valence-corrected chi connectivity index (χ1v) is 8.86. The zero-order valence-electron chi connectivity index (χ0n) is 15.9. The lowest BCUT2D eigenvalue weighted by Crippen LogP contribution is -2.39. The van der Waals surface area contributed by atoms with Crippen LogP contribution < -0.4 is 10.2 Å². The van der Waals surface area contributed by atoms with E-state index in [1.807, 2.05) is 51.1 Å². The molecule has 1 fully saturated rings. The summed E-state index contributed by atoms with van der Waals surface area (Å²) in [5.41, 5.74) is 4.33. The van der Waals surface area contributed by atoms with Crippen molar-refractivity contribution in [2.75, 3.05) is 16.8 Å². The Bertz CT molecular complexity index is 905. The van der Waals surface area contributed by atoms with Gasteiger partial charge in [-0.3, -0.25) is 19.4 Å². The summed E-state index contributed by atoms with van der Waals surface area (Å²) < 4.78 is 0. The van der Waals surface area contributed by atoms with E-state index in [1.165, 1.54) is 4.90 Å². The van der Waals surface area contributed by atoms with Gasteiger partial charge in [-0.15, -0.1) is 0 Å². The van der Waals surface area contributed by atoms with E-state index in [9.17, 15) is 14.4 Å². The molecule has 1 atom stereocenters. The van der Waals surface area contributed by atoms with Crippen LogP contribution in [0.3, 0.4) is 0 Å². The second-order valence-electron chi connectivity index (χ2n) is 6.96. The fraction of sp³-hybridized carbons (Fsp3) is 0.286. The summed E-state index contributed by atoms with van der Waals surface area (Å²) >= 11 is 0. The third-order valence-electron chi connectivity index (χ3n) is 4.73. The van der Waals surface area contributed by atoms with E-state index in [-0.39, 0.29) is 12.5 Å². The zero-order valence-corrected chi connectivity index (χ0v) is 15.9. The number of carbonyl (C=O) groups is 3. The topological polar surface area (TPSA) is 69.7 Å². The molecule has 0 unspecified atom stereocenters. The van der Waals surface area contributed by atoms with Gasteiger partial charge in [0.15, 0.2) is 0 Å². The van der Waals surface area contributed by atoms with Gasteiger partial charge < -0.3 is 5.32 Å². The molecule has 0 spiro atoms. The summed E-state index contributed by atoms with van der Waals surface area (Å²) in [5.74, 6) is -0.778. The van der Waals surface area contributed by atoms with E-state index in [4.69, 9.17) is 0 Å². The molecule has 0 radical (unpaired) electrons. The standard InChI is InChI=1S/C21H23N3O3/c1-13-6-9-17(10-7-13)24-16(4)20(26)23(21(24)27)12-19(25)22-18-11-14(2)5-8-15(18)3/h5-11,16H,12H2,1-4H3,(H,22,25)/t16-/m1/s1. The van der Waals surface area contributed by atoms with E-state index in [1.54, 1.807) is 19.1 Å². The Labute approximate surface area is 158 Å². The van der Waals surface area contributed by atoms with Crippen LogP contribution in [0.2, 0.25) is 0 Å². The maximum atomic E-state index is 12.8. The molecule has 6 heteroatoms. The molecule has 140 valence electrons. The SMILES string of the molecule is Cc1ccc(N2C(=O)N(CC(=O)Nc3cc(C)ccc3C)C(=O)[C@H]2C)cc1. The van der Waals surface area contributed by atoms with E-state index < -0.39 is 18.0 Å². The van der Waals surface area contributed by atoms with Gasteiger partial charge in [-0.05, 0) is 57.0 Å². The van der Waals surface area contributed by atoms with E-state index >= 15 is 0 Å². The molecule has 27 heavy (non-hydrogen) atoms. The molecule has 1 heterocycles. The van der Waals surface area contributed by atoms with Gasteiger partial charge in [-0.2, -0.15) is 0 Å². The maximum absolute atomic E-state index is 12.8. The quantitative estimate of drug-likeness (QED) is 0.844. The predicted molar refractivity (Wildman–Crippen MR) is 105 cm³/mol. The monoisotopic (exact) mass is 365 g/mol. The molecule has 0 saturated carbocycles. The Morgan fingerprint density at radius 3 is 2.30 bits per heavy atom. The number of nitrogens with zero attached hydrogens (tertiary/aromatic N) is 2. The molecule has 1 aliphatic heterocycles. The summed E-state index contributed by atoms with van der Waals surface area (Å²) in [6, 6.07) is 12.0. The summed E-state index contributed by atoms with van der Waals surface area (Å²) in [6.45, 7) is 7.14. The lowest BCUT2D eigenvalue weighted by atomic mass is 10.1. The van der Waals surface area contributed by atoms with Crippen molar-refractivity contribution in [3.05, 3.63) is 59.2 Å². The lowest BCUT2D eigenvalue weighted by Gasteiger charge is -2.19. The fourth-order valence-corrected chi connectivity index (χ4v) is 3.11. The van der Waals surface area contributed by atoms with Crippen molar-refractivity contribution in [2.24, 2.45) is 0 Å². The highest BCUT2D eigenvalue weighted by atomic mass is 16.2. The number of aryl methyl sites for hydroxylation is 3. The minimum atomic E-state index is -0.645. The summed E-state index contributed by atoms with van der Waals surface area (Å²) in [5, 5.41) is 2.79. The Kier molecular flexibility index (Phi) is 4.99. The van der Waals surface area contributed by atoms with Crippen molar-refractivity contribution in [1.82, 2.24) is 4.90 Å². The average molecular weight is 365 g/mol. The second-order valence-corrected chi connectivity index (χ2v) is 6.96. The van der Waals surface area contributed by atoms with Crippen LogP contribution in [-0.4, -0.2) is 35.3 Å². The highest BCUT2D eigenvalue weighted by Crippen LogP contribution is 2.26. The lowest BCUT2D eigenvalue weighted by molar-refractivity contribution is -0.130. The molecule has 1 N–H and O–H groups in total. The number of imide groups is 1. The van der Waals surface area contributed by atoms with Crippen LogP contribution in [0, 0.1) is 20.8 Å². The predicted octanol–water partition coefficient (Wildman–Crippen LogP) is 3.41. The van der Waals surface area contributed by atoms with Crippen LogP contribution in [-0.2, 0) is 9.59 Å². The summed E-state index contributed by atoms with van der Waals surface area (Å²) in [6.07, 6.45) is 0. The van der Waals surface area contributed by atoms with Crippen molar-refractivity contribution >= 4 is 29.2 Å². The number of hydrogen-bond acceptors (Lipinski definition) is 3. The van der Waals surface area contributed by atoms with Crippen molar-refractivity contribution in [3.8, 4) is 0 Å². The molecule has 1 saturated heterocycles. The minimum Gasteiger partial charge on any atom is -0.324 e. The first-order valence-electron chi connectivity index (χ1n) is 8.86. The van der Waals surface area contributed by atoms with Gasteiger partial charge in [0.25, 0.3) is 5.91 Å². The largest absolute Gasteiger partial charge is 0.332 e. The van der Waals surface area contributed by atoms with Crippen LogP contribution in [0.15, 0.2) is 42.5 Å². The van der Waals surface area contributed by atoms with Gasteiger partial charge in [-0.25, -0.2) is 4.79 Å². The van der Waals surface area contributed by atoms with E-state index in [2.05, 4.69) is 5.32 Å². The first kappa shape index (κ1) is 18.6. The van der Waals surface area contributed by atoms with Crippen LogP contribution >= 0.6 is 0 Å². The molecule has 3 rings (SSSR count). The number of carbonyl (C=O) groups excluding carboxylic acids is 3. The van der Waals surface area contributed by atoms with Gasteiger partial charge in [0.2, 0.25) is 5.91 Å². The van der Waals surface area contributed by atoms with Gasteiger partial charge in [0.1, 0.15) is 12.6 Å². The maximum Gasteiger partial charge on any atom is 0.332 e. The smallest absolute Gasteiger partial charge is 0.324 e. The number of benzene rings is 2. The first-order chi connectivity index (χ1) is 12.8. The van der Waals surface area contributed by atoms with E-state index in [0.717, 1.165) is 21.6 Å². The highest BCUT2D eigenvalue weighted by molar-refractivity contribution is 6.16. The number of anilines is 2. The van der Waals surface area contributed by atoms with Gasteiger partial charge in [0, 0.05) is 11.4 Å². The molecule has 2 aromatic rings. The van der Waals surface area contributed by atoms with Crippen molar-refractivity contribution in [2.45, 2.75) is 33.7 Å². The van der Waals surface area contributed by atoms with Crippen molar-refractivity contribution in [3.63, 3.8) is 0 Å². The molecule has 0 bridgehead atoms. The molecule has 4 amide bonds. The molecule has 1 aliphatic rings. The van der Waals surface area contributed by atoms with Crippen LogP contribution in [0.5, 0.6) is 0 Å². The fourth-order valence-electron chi connectivity index (χ4n) is 3.11. The Morgan fingerprint density at radius 1 is 1.00 bits per heavy atom.